The number of nitrogens with zero attached hydrogens (tertiary/aromatic N) is 4. The molecular weight excluding hydrogens is 584 g/mol. The van der Waals surface area contributed by atoms with Crippen molar-refractivity contribution in [3.8, 4) is 6.19 Å². The molecule has 0 bridgehead atoms. The zero-order valence-electron chi connectivity index (χ0n) is 24.7. The lowest BCUT2D eigenvalue weighted by atomic mass is 10.1. The predicted molar refractivity (Wildman–Crippen MR) is 168 cm³/mol. The predicted octanol–water partition coefficient (Wildman–Crippen LogP) is 6.84. The molecule has 8 nitrogen and oxygen atoms in total. The first-order chi connectivity index (χ1) is 20.6. The van der Waals surface area contributed by atoms with E-state index in [2.05, 4.69) is 36.0 Å². The van der Waals surface area contributed by atoms with Crippen molar-refractivity contribution in [3.63, 3.8) is 0 Å². The van der Waals surface area contributed by atoms with E-state index in [1.54, 1.807) is 31.6 Å². The normalized spacial score (nSPS) is 19.8. The molecule has 224 valence electrons. The maximum Gasteiger partial charge on any atom is 0.310 e. The Kier molecular flexibility index (Phi) is 10.8. The Bertz CT molecular complexity index is 1530. The van der Waals surface area contributed by atoms with Gasteiger partial charge >= 0.3 is 5.97 Å². The number of nitriles is 1. The quantitative estimate of drug-likeness (QED) is 0.0674. The number of aliphatic imine (C=N–C) groups is 1. The number of hydrogen-bond acceptors (Lipinski definition) is 8. The topological polar surface area (TPSA) is 109 Å². The van der Waals surface area contributed by atoms with Gasteiger partial charge in [0.2, 0.25) is 11.3 Å². The first kappa shape index (κ1) is 32.1. The van der Waals surface area contributed by atoms with Gasteiger partial charge in [-0.1, -0.05) is 79.7 Å². The molecule has 3 aromatic rings. The van der Waals surface area contributed by atoms with Gasteiger partial charge in [0.25, 0.3) is 0 Å². The van der Waals surface area contributed by atoms with Crippen LogP contribution in [0.1, 0.15) is 49.6 Å². The highest BCUT2D eigenvalue weighted by Gasteiger charge is 2.61. The number of benzene rings is 1. The second kappa shape index (κ2) is 14.5. The second-order valence-corrected chi connectivity index (χ2v) is 12.7. The Morgan fingerprint density at radius 1 is 1.26 bits per heavy atom. The van der Waals surface area contributed by atoms with Crippen LogP contribution in [0.2, 0.25) is 5.15 Å². The SMILES string of the molecule is CC(=NC#N)N(C)Cc1ccc(Cl)nc1.CC1(C)[C@H](/C=C2\CCSC2=O)[C@@H]1C(=O)OCc1coc(Cc2ccccc2)c1. The van der Waals surface area contributed by atoms with Crippen molar-refractivity contribution in [2.75, 3.05) is 12.8 Å². The van der Waals surface area contributed by atoms with E-state index in [4.69, 9.17) is 26.0 Å². The molecule has 3 heterocycles. The summed E-state index contributed by atoms with van der Waals surface area (Å²) in [5.74, 6) is 2.07. The van der Waals surface area contributed by atoms with Crippen LogP contribution in [0.25, 0.3) is 0 Å². The molecule has 2 fully saturated rings. The number of thioether (sulfide) groups is 1. The number of amidine groups is 1. The van der Waals surface area contributed by atoms with Gasteiger partial charge in [-0.2, -0.15) is 10.3 Å². The van der Waals surface area contributed by atoms with Crippen LogP contribution in [0, 0.1) is 28.7 Å². The number of pyridine rings is 1. The molecule has 2 aromatic heterocycles. The summed E-state index contributed by atoms with van der Waals surface area (Å²) in [7, 11) is 1.87. The van der Waals surface area contributed by atoms with E-state index in [9.17, 15) is 9.59 Å². The minimum absolute atomic E-state index is 0.0793. The Labute approximate surface area is 261 Å². The zero-order valence-corrected chi connectivity index (χ0v) is 26.3. The fraction of sp³-hybridized carbons (Fsp3) is 0.364. The second-order valence-electron chi connectivity index (χ2n) is 11.2. The van der Waals surface area contributed by atoms with Crippen molar-refractivity contribution in [2.24, 2.45) is 22.2 Å². The van der Waals surface area contributed by atoms with Gasteiger partial charge in [0.15, 0.2) is 0 Å². The van der Waals surface area contributed by atoms with E-state index in [1.165, 1.54) is 17.3 Å². The van der Waals surface area contributed by atoms with E-state index in [0.29, 0.717) is 24.0 Å². The van der Waals surface area contributed by atoms with Crippen LogP contribution in [-0.2, 0) is 33.9 Å². The molecule has 1 aromatic carbocycles. The number of carbonyl (C=O) groups is 2. The Hall–Kier alpha value is -3.87. The molecule has 2 aliphatic rings. The number of hydrogen-bond donors (Lipinski definition) is 0. The molecule has 1 aliphatic heterocycles. The molecule has 0 spiro atoms. The van der Waals surface area contributed by atoms with Crippen LogP contribution >= 0.6 is 23.4 Å². The van der Waals surface area contributed by atoms with E-state index in [-0.39, 0.29) is 34.9 Å². The number of esters is 1. The lowest BCUT2D eigenvalue weighted by molar-refractivity contribution is -0.147. The summed E-state index contributed by atoms with van der Waals surface area (Å²) in [6.07, 6.45) is 8.63. The fourth-order valence-corrected chi connectivity index (χ4v) is 5.91. The summed E-state index contributed by atoms with van der Waals surface area (Å²) < 4.78 is 11.2. The lowest BCUT2D eigenvalue weighted by Crippen LogP contribution is -2.23. The molecule has 43 heavy (non-hydrogen) atoms. The average Bonchev–Trinajstić information content (AvgIpc) is 3.30. The standard InChI is InChI=1S/C23H24O4S.C10H11ClN4/c1-23(2)19(12-17-8-9-28-22(17)25)20(23)21(24)27-14-16-11-18(26-13-16)10-15-6-4-3-5-7-15;1-8(14-7-12)15(2)6-9-3-4-10(11)13-5-9/h3-7,11-13,19-20H,8-10,14H2,1-2H3;3-5H,6H2,1-2H3/b17-12+;/t19-,20-;/m1./s1. The van der Waals surface area contributed by atoms with Gasteiger partial charge in [0, 0.05) is 43.1 Å². The van der Waals surface area contributed by atoms with Crippen LogP contribution in [0.4, 0.5) is 0 Å². The maximum absolute atomic E-state index is 12.6. The van der Waals surface area contributed by atoms with Crippen LogP contribution in [0.15, 0.2) is 82.0 Å². The molecule has 0 N–H and O–H groups in total. The molecular formula is C33H35ClN4O4S. The molecule has 5 rings (SSSR count). The highest BCUT2D eigenvalue weighted by atomic mass is 35.5. The average molecular weight is 619 g/mol. The molecule has 1 saturated carbocycles. The van der Waals surface area contributed by atoms with Crippen molar-refractivity contribution >= 4 is 40.3 Å². The molecule has 1 aliphatic carbocycles. The summed E-state index contributed by atoms with van der Waals surface area (Å²) in [5.41, 5.74) is 3.76. The molecule has 0 unspecified atom stereocenters. The summed E-state index contributed by atoms with van der Waals surface area (Å²) in [6.45, 7) is 6.77. The van der Waals surface area contributed by atoms with Gasteiger partial charge in [0.1, 0.15) is 23.4 Å². The first-order valence-electron chi connectivity index (χ1n) is 14.0. The molecule has 0 amide bonds. The number of ether oxygens (including phenoxy) is 1. The third kappa shape index (κ3) is 8.82. The highest BCUT2D eigenvalue weighted by Crippen LogP contribution is 2.60. The largest absolute Gasteiger partial charge is 0.469 e. The van der Waals surface area contributed by atoms with Gasteiger partial charge in [-0.15, -0.1) is 0 Å². The fourth-order valence-electron chi connectivity index (χ4n) is 4.94. The van der Waals surface area contributed by atoms with Crippen LogP contribution in [-0.4, -0.2) is 39.6 Å². The highest BCUT2D eigenvalue weighted by molar-refractivity contribution is 8.14. The molecule has 2 atom stereocenters. The number of carbonyl (C=O) groups excluding carboxylic acids is 2. The molecule has 1 saturated heterocycles. The Morgan fingerprint density at radius 3 is 2.67 bits per heavy atom. The van der Waals surface area contributed by atoms with Gasteiger partial charge in [-0.3, -0.25) is 9.59 Å². The number of halogens is 1. The summed E-state index contributed by atoms with van der Waals surface area (Å²) in [4.78, 5) is 33.9. The number of rotatable bonds is 8. The van der Waals surface area contributed by atoms with Crippen LogP contribution in [0.3, 0.4) is 0 Å². The van der Waals surface area contributed by atoms with Crippen LogP contribution < -0.4 is 0 Å². The number of aromatic nitrogens is 1. The van der Waals surface area contributed by atoms with Gasteiger partial charge in [0.05, 0.1) is 12.2 Å². The zero-order chi connectivity index (χ0) is 31.0. The van der Waals surface area contributed by atoms with Crippen molar-refractivity contribution in [2.45, 2.75) is 46.8 Å². The summed E-state index contributed by atoms with van der Waals surface area (Å²) >= 11 is 7.03. The monoisotopic (exact) mass is 618 g/mol. The smallest absolute Gasteiger partial charge is 0.310 e. The van der Waals surface area contributed by atoms with E-state index in [1.807, 2.05) is 48.4 Å². The van der Waals surface area contributed by atoms with Crippen molar-refractivity contribution in [3.05, 3.63) is 100 Å². The van der Waals surface area contributed by atoms with E-state index in [0.717, 1.165) is 34.6 Å². The minimum atomic E-state index is -0.198. The third-order valence-electron chi connectivity index (χ3n) is 7.70. The first-order valence-corrected chi connectivity index (χ1v) is 15.3. The van der Waals surface area contributed by atoms with Crippen molar-refractivity contribution < 1.29 is 18.7 Å². The van der Waals surface area contributed by atoms with Gasteiger partial charge < -0.3 is 14.1 Å². The Balaban J connectivity index is 0.000000239. The lowest BCUT2D eigenvalue weighted by Gasteiger charge is -2.17. The molecule has 10 heteroatoms. The van der Waals surface area contributed by atoms with Crippen molar-refractivity contribution in [1.29, 1.82) is 5.26 Å². The number of furan rings is 1. The van der Waals surface area contributed by atoms with E-state index < -0.39 is 0 Å². The number of allylic oxidation sites excluding steroid dienone is 1. The van der Waals surface area contributed by atoms with Gasteiger partial charge in [-0.25, -0.2) is 4.98 Å². The van der Waals surface area contributed by atoms with E-state index >= 15 is 0 Å². The molecule has 0 radical (unpaired) electrons. The minimum Gasteiger partial charge on any atom is -0.469 e. The summed E-state index contributed by atoms with van der Waals surface area (Å²) in [6, 6.07) is 15.7. The van der Waals surface area contributed by atoms with Crippen LogP contribution in [0.5, 0.6) is 0 Å². The summed E-state index contributed by atoms with van der Waals surface area (Å²) in [5, 5.41) is 9.02. The third-order valence-corrected chi connectivity index (χ3v) is 8.85. The van der Waals surface area contributed by atoms with Gasteiger partial charge in [-0.05, 0) is 47.9 Å². The van der Waals surface area contributed by atoms with Crippen molar-refractivity contribution in [1.82, 2.24) is 9.88 Å². The Morgan fingerprint density at radius 2 is 2.02 bits per heavy atom. The maximum atomic E-state index is 12.6.